The molecule has 0 atom stereocenters. The van der Waals surface area contributed by atoms with Crippen molar-refractivity contribution in [3.63, 3.8) is 0 Å². The summed E-state index contributed by atoms with van der Waals surface area (Å²) in [4.78, 5) is 25.4. The molecule has 30 heavy (non-hydrogen) atoms. The first-order valence-electron chi connectivity index (χ1n) is 9.56. The largest absolute Gasteiger partial charge is 0.378 e. The Morgan fingerprint density at radius 1 is 1.13 bits per heavy atom. The lowest BCUT2D eigenvalue weighted by Gasteiger charge is -2.29. The predicted molar refractivity (Wildman–Crippen MR) is 112 cm³/mol. The van der Waals surface area contributed by atoms with Gasteiger partial charge in [-0.2, -0.15) is 5.10 Å². The molecule has 0 unspecified atom stereocenters. The molecule has 154 valence electrons. The Morgan fingerprint density at radius 2 is 1.93 bits per heavy atom. The van der Waals surface area contributed by atoms with E-state index in [0.717, 1.165) is 24.3 Å². The number of carbonyl (C=O) groups excluding carboxylic acids is 1. The summed E-state index contributed by atoms with van der Waals surface area (Å²) >= 11 is 0. The first kappa shape index (κ1) is 19.6. The van der Waals surface area contributed by atoms with Crippen molar-refractivity contribution in [1.82, 2.24) is 9.78 Å². The summed E-state index contributed by atoms with van der Waals surface area (Å²) in [5.74, 6) is -0.346. The van der Waals surface area contributed by atoms with Gasteiger partial charge in [-0.1, -0.05) is 6.07 Å². The molecular formula is C21H21N5O4. The van der Waals surface area contributed by atoms with Crippen molar-refractivity contribution in [1.29, 1.82) is 0 Å². The highest BCUT2D eigenvalue weighted by molar-refractivity contribution is 6.03. The Bertz CT molecular complexity index is 1090. The first-order chi connectivity index (χ1) is 14.5. The summed E-state index contributed by atoms with van der Waals surface area (Å²) in [6.45, 7) is 5.07. The van der Waals surface area contributed by atoms with Crippen LogP contribution in [-0.2, 0) is 4.74 Å². The highest BCUT2D eigenvalue weighted by Crippen LogP contribution is 2.24. The Balaban J connectivity index is 1.48. The fourth-order valence-electron chi connectivity index (χ4n) is 3.33. The van der Waals surface area contributed by atoms with Crippen LogP contribution in [0, 0.1) is 17.0 Å². The predicted octanol–water partition coefficient (Wildman–Crippen LogP) is 3.18. The van der Waals surface area contributed by atoms with Crippen LogP contribution in [0.4, 0.5) is 17.1 Å². The number of anilines is 2. The van der Waals surface area contributed by atoms with E-state index in [1.165, 1.54) is 16.8 Å². The lowest BCUT2D eigenvalue weighted by molar-refractivity contribution is -0.384. The summed E-state index contributed by atoms with van der Waals surface area (Å²) in [6.07, 6.45) is 1.60. The number of aromatic nitrogens is 2. The molecule has 1 aliphatic rings. The van der Waals surface area contributed by atoms with Crippen LogP contribution in [-0.4, -0.2) is 46.9 Å². The van der Waals surface area contributed by atoms with Crippen molar-refractivity contribution in [3.8, 4) is 5.69 Å². The number of nitrogens with zero attached hydrogens (tertiary/aromatic N) is 4. The molecule has 2 heterocycles. The van der Waals surface area contributed by atoms with E-state index >= 15 is 0 Å². The normalized spacial score (nSPS) is 13.8. The van der Waals surface area contributed by atoms with Gasteiger partial charge in [0.25, 0.3) is 11.6 Å². The molecule has 1 saturated heterocycles. The number of hydrogen-bond donors (Lipinski definition) is 1. The number of hydrogen-bond acceptors (Lipinski definition) is 6. The zero-order valence-electron chi connectivity index (χ0n) is 16.4. The van der Waals surface area contributed by atoms with E-state index in [1.54, 1.807) is 24.4 Å². The number of benzene rings is 2. The Hall–Kier alpha value is -3.72. The summed E-state index contributed by atoms with van der Waals surface area (Å²) in [7, 11) is 0. The zero-order chi connectivity index (χ0) is 21.1. The number of ether oxygens (including phenoxy) is 1. The number of nitrogens with one attached hydrogen (secondary N) is 1. The van der Waals surface area contributed by atoms with Crippen molar-refractivity contribution in [2.45, 2.75) is 6.92 Å². The van der Waals surface area contributed by atoms with E-state index in [1.807, 2.05) is 25.1 Å². The van der Waals surface area contributed by atoms with Crippen LogP contribution in [0.1, 0.15) is 16.1 Å². The Kier molecular flexibility index (Phi) is 5.44. The highest BCUT2D eigenvalue weighted by Gasteiger charge is 2.15. The van der Waals surface area contributed by atoms with Gasteiger partial charge in [0.05, 0.1) is 23.8 Å². The monoisotopic (exact) mass is 407 g/mol. The summed E-state index contributed by atoms with van der Waals surface area (Å²) in [5, 5.41) is 18.1. The van der Waals surface area contributed by atoms with Gasteiger partial charge in [0, 0.05) is 42.8 Å². The second-order valence-corrected chi connectivity index (χ2v) is 6.98. The van der Waals surface area contributed by atoms with E-state index in [2.05, 4.69) is 15.3 Å². The third-order valence-electron chi connectivity index (χ3n) is 4.96. The minimum atomic E-state index is -0.468. The van der Waals surface area contributed by atoms with Crippen molar-refractivity contribution < 1.29 is 14.5 Å². The molecule has 0 aliphatic carbocycles. The molecule has 1 amide bonds. The minimum absolute atomic E-state index is 0.0371. The lowest BCUT2D eigenvalue weighted by Crippen LogP contribution is -2.36. The molecule has 1 fully saturated rings. The van der Waals surface area contributed by atoms with Crippen LogP contribution in [0.25, 0.3) is 5.69 Å². The maximum absolute atomic E-state index is 12.7. The SMILES string of the molecule is Cc1cc(N2CCOCC2)ccc1NC(=O)c1ccn(-c2cccc([N+](=O)[O-])c2)n1. The molecule has 0 spiro atoms. The molecule has 9 heteroatoms. The van der Waals surface area contributed by atoms with Gasteiger partial charge in [-0.05, 0) is 42.8 Å². The molecule has 1 aromatic heterocycles. The van der Waals surface area contributed by atoms with Crippen molar-refractivity contribution in [3.05, 3.63) is 76.1 Å². The molecule has 0 radical (unpaired) electrons. The number of non-ortho nitro benzene ring substituents is 1. The third-order valence-corrected chi connectivity index (χ3v) is 4.96. The van der Waals surface area contributed by atoms with E-state index in [-0.39, 0.29) is 17.3 Å². The number of morpholine rings is 1. The van der Waals surface area contributed by atoms with Crippen molar-refractivity contribution in [2.75, 3.05) is 36.5 Å². The van der Waals surface area contributed by atoms with Crippen LogP contribution in [0.15, 0.2) is 54.7 Å². The van der Waals surface area contributed by atoms with Gasteiger partial charge in [-0.25, -0.2) is 4.68 Å². The second kappa shape index (κ2) is 8.34. The molecule has 9 nitrogen and oxygen atoms in total. The van der Waals surface area contributed by atoms with E-state index < -0.39 is 4.92 Å². The number of nitro benzene ring substituents is 1. The smallest absolute Gasteiger partial charge is 0.276 e. The molecule has 0 saturated carbocycles. The van der Waals surface area contributed by atoms with Gasteiger partial charge in [0.1, 0.15) is 0 Å². The minimum Gasteiger partial charge on any atom is -0.378 e. The maximum atomic E-state index is 12.7. The van der Waals surface area contributed by atoms with Crippen LogP contribution in [0.5, 0.6) is 0 Å². The van der Waals surface area contributed by atoms with Gasteiger partial charge in [0.15, 0.2) is 5.69 Å². The topological polar surface area (TPSA) is 103 Å². The number of rotatable bonds is 5. The molecule has 3 aromatic rings. The van der Waals surface area contributed by atoms with Crippen LogP contribution >= 0.6 is 0 Å². The zero-order valence-corrected chi connectivity index (χ0v) is 16.4. The summed E-state index contributed by atoms with van der Waals surface area (Å²) < 4.78 is 6.83. The summed E-state index contributed by atoms with van der Waals surface area (Å²) in [5.41, 5.74) is 3.45. The number of carbonyl (C=O) groups is 1. The first-order valence-corrected chi connectivity index (χ1v) is 9.56. The number of amides is 1. The molecule has 2 aromatic carbocycles. The number of nitro groups is 1. The molecule has 1 N–H and O–H groups in total. The maximum Gasteiger partial charge on any atom is 0.276 e. The quantitative estimate of drug-likeness (QED) is 0.515. The van der Waals surface area contributed by atoms with Gasteiger partial charge in [-0.15, -0.1) is 0 Å². The van der Waals surface area contributed by atoms with Crippen LogP contribution in [0.3, 0.4) is 0 Å². The second-order valence-electron chi connectivity index (χ2n) is 6.98. The Morgan fingerprint density at radius 3 is 2.67 bits per heavy atom. The average Bonchev–Trinajstić information content (AvgIpc) is 3.26. The fraction of sp³-hybridized carbons (Fsp3) is 0.238. The fourth-order valence-corrected chi connectivity index (χ4v) is 3.33. The van der Waals surface area contributed by atoms with Crippen LogP contribution in [0.2, 0.25) is 0 Å². The van der Waals surface area contributed by atoms with E-state index in [4.69, 9.17) is 4.74 Å². The van der Waals surface area contributed by atoms with Gasteiger partial charge in [0.2, 0.25) is 0 Å². The molecule has 0 bridgehead atoms. The highest BCUT2D eigenvalue weighted by atomic mass is 16.6. The van der Waals surface area contributed by atoms with Crippen molar-refractivity contribution in [2.24, 2.45) is 0 Å². The number of aryl methyl sites for hydroxylation is 1. The lowest BCUT2D eigenvalue weighted by atomic mass is 10.1. The van der Waals surface area contributed by atoms with E-state index in [9.17, 15) is 14.9 Å². The van der Waals surface area contributed by atoms with E-state index in [0.29, 0.717) is 24.6 Å². The van der Waals surface area contributed by atoms with Gasteiger partial charge in [-0.3, -0.25) is 14.9 Å². The average molecular weight is 407 g/mol. The molecule has 4 rings (SSSR count). The molecular weight excluding hydrogens is 386 g/mol. The van der Waals surface area contributed by atoms with Gasteiger partial charge >= 0.3 is 0 Å². The van der Waals surface area contributed by atoms with Crippen molar-refractivity contribution >= 4 is 23.0 Å². The summed E-state index contributed by atoms with van der Waals surface area (Å²) in [6, 6.07) is 13.6. The standard InChI is InChI=1S/C21H21N5O4/c1-15-13-16(24-9-11-30-12-10-24)5-6-19(15)22-21(27)20-7-8-25(23-20)17-3-2-4-18(14-17)26(28)29/h2-8,13-14H,9-12H2,1H3,(H,22,27). The molecule has 1 aliphatic heterocycles. The van der Waals surface area contributed by atoms with Crippen LogP contribution < -0.4 is 10.2 Å². The van der Waals surface area contributed by atoms with Gasteiger partial charge < -0.3 is 15.0 Å². The Labute approximate surface area is 173 Å². The third kappa shape index (κ3) is 4.15.